The van der Waals surface area contributed by atoms with Gasteiger partial charge in [-0.25, -0.2) is 4.39 Å². The number of nitrogens with zero attached hydrogens (tertiary/aromatic N) is 1. The summed E-state index contributed by atoms with van der Waals surface area (Å²) in [5.74, 6) is -0.126. The molecule has 0 amide bonds. The molecule has 1 atom stereocenters. The van der Waals surface area contributed by atoms with Crippen LogP contribution in [-0.4, -0.2) is 42.3 Å². The van der Waals surface area contributed by atoms with Crippen molar-refractivity contribution in [2.24, 2.45) is 0 Å². The molecule has 1 aliphatic rings. The Bertz CT molecular complexity index is 359. The Morgan fingerprint density at radius 3 is 3.00 bits per heavy atom. The Kier molecular flexibility index (Phi) is 4.48. The molecular weight excluding hydrogens is 219 g/mol. The Labute approximate surface area is 101 Å². The zero-order valence-corrected chi connectivity index (χ0v) is 9.90. The summed E-state index contributed by atoms with van der Waals surface area (Å²) < 4.78 is 13.5. The second-order valence-corrected chi connectivity index (χ2v) is 4.49. The van der Waals surface area contributed by atoms with E-state index in [1.807, 2.05) is 12.1 Å². The molecule has 0 aromatic heterocycles. The van der Waals surface area contributed by atoms with E-state index in [9.17, 15) is 4.39 Å². The molecule has 1 fully saturated rings. The highest BCUT2D eigenvalue weighted by Gasteiger charge is 2.22. The van der Waals surface area contributed by atoms with Crippen molar-refractivity contribution in [1.29, 1.82) is 0 Å². The van der Waals surface area contributed by atoms with Crippen LogP contribution in [0.1, 0.15) is 12.0 Å². The Balaban J connectivity index is 1.83. The van der Waals surface area contributed by atoms with Gasteiger partial charge in [0.1, 0.15) is 5.82 Å². The summed E-state index contributed by atoms with van der Waals surface area (Å²) >= 11 is 0. The first-order valence-electron chi connectivity index (χ1n) is 6.09. The monoisotopic (exact) mass is 238 g/mol. The average Bonchev–Trinajstić information content (AvgIpc) is 2.77. The first-order valence-corrected chi connectivity index (χ1v) is 6.09. The summed E-state index contributed by atoms with van der Waals surface area (Å²) in [5.41, 5.74) is 0.760. The molecule has 0 saturated carbocycles. The molecule has 0 bridgehead atoms. The Morgan fingerprint density at radius 2 is 2.24 bits per heavy atom. The normalized spacial score (nSPS) is 20.9. The molecule has 2 N–H and O–H groups in total. The number of nitrogens with one attached hydrogen (secondary N) is 1. The fourth-order valence-electron chi connectivity index (χ4n) is 2.28. The van der Waals surface area contributed by atoms with E-state index in [1.54, 1.807) is 6.07 Å². The molecule has 1 saturated heterocycles. The lowest BCUT2D eigenvalue weighted by molar-refractivity contribution is 0.277. The van der Waals surface area contributed by atoms with E-state index in [4.69, 9.17) is 5.11 Å². The molecule has 1 aliphatic heterocycles. The van der Waals surface area contributed by atoms with Crippen molar-refractivity contribution in [2.45, 2.75) is 19.0 Å². The van der Waals surface area contributed by atoms with Crippen molar-refractivity contribution in [3.05, 3.63) is 35.6 Å². The van der Waals surface area contributed by atoms with E-state index in [2.05, 4.69) is 10.2 Å². The molecule has 1 aromatic rings. The van der Waals surface area contributed by atoms with Gasteiger partial charge in [0.2, 0.25) is 0 Å². The fourth-order valence-corrected chi connectivity index (χ4v) is 2.28. The van der Waals surface area contributed by atoms with Gasteiger partial charge in [0.05, 0.1) is 6.61 Å². The smallest absolute Gasteiger partial charge is 0.127 e. The molecule has 0 radical (unpaired) electrons. The van der Waals surface area contributed by atoms with Crippen molar-refractivity contribution < 1.29 is 9.50 Å². The summed E-state index contributed by atoms with van der Waals surface area (Å²) in [4.78, 5) is 2.24. The minimum Gasteiger partial charge on any atom is -0.395 e. The van der Waals surface area contributed by atoms with Crippen LogP contribution in [0, 0.1) is 5.82 Å². The molecule has 1 unspecified atom stereocenters. The van der Waals surface area contributed by atoms with E-state index in [0.717, 1.165) is 25.1 Å². The van der Waals surface area contributed by atoms with Gasteiger partial charge in [-0.15, -0.1) is 0 Å². The lowest BCUT2D eigenvalue weighted by Crippen LogP contribution is -2.34. The van der Waals surface area contributed by atoms with Gasteiger partial charge < -0.3 is 10.4 Å². The largest absolute Gasteiger partial charge is 0.395 e. The highest BCUT2D eigenvalue weighted by atomic mass is 19.1. The van der Waals surface area contributed by atoms with Crippen molar-refractivity contribution in [1.82, 2.24) is 10.2 Å². The lowest BCUT2D eigenvalue weighted by Gasteiger charge is -2.16. The predicted molar refractivity (Wildman–Crippen MR) is 65.2 cm³/mol. The number of hydrogen-bond donors (Lipinski definition) is 2. The van der Waals surface area contributed by atoms with Gasteiger partial charge in [-0.1, -0.05) is 18.2 Å². The number of aliphatic hydroxyl groups excluding tert-OH is 1. The summed E-state index contributed by atoms with van der Waals surface area (Å²) in [6.45, 7) is 3.39. The zero-order chi connectivity index (χ0) is 12.1. The lowest BCUT2D eigenvalue weighted by atomic mass is 10.2. The van der Waals surface area contributed by atoms with Crippen molar-refractivity contribution >= 4 is 0 Å². The van der Waals surface area contributed by atoms with E-state index in [1.165, 1.54) is 6.07 Å². The van der Waals surface area contributed by atoms with E-state index < -0.39 is 0 Å². The molecule has 0 aliphatic carbocycles. The van der Waals surface area contributed by atoms with Gasteiger partial charge in [-0.3, -0.25) is 4.90 Å². The number of rotatable bonds is 5. The minimum absolute atomic E-state index is 0.126. The summed E-state index contributed by atoms with van der Waals surface area (Å²) in [5, 5.41) is 12.0. The van der Waals surface area contributed by atoms with Crippen LogP contribution >= 0.6 is 0 Å². The molecule has 17 heavy (non-hydrogen) atoms. The molecule has 4 heteroatoms. The van der Waals surface area contributed by atoms with Gasteiger partial charge >= 0.3 is 0 Å². The first-order chi connectivity index (χ1) is 8.29. The molecule has 1 heterocycles. The third-order valence-electron chi connectivity index (χ3n) is 3.17. The maximum atomic E-state index is 13.5. The molecule has 94 valence electrons. The minimum atomic E-state index is -0.126. The van der Waals surface area contributed by atoms with Crippen LogP contribution in [0.25, 0.3) is 0 Å². The second kappa shape index (κ2) is 6.10. The quantitative estimate of drug-likeness (QED) is 0.803. The summed E-state index contributed by atoms with van der Waals surface area (Å²) in [6.07, 6.45) is 1.06. The highest BCUT2D eigenvalue weighted by molar-refractivity contribution is 5.17. The number of aliphatic hydroxyl groups is 1. The molecule has 2 rings (SSSR count). The van der Waals surface area contributed by atoms with Crippen molar-refractivity contribution in [3.8, 4) is 0 Å². The summed E-state index contributed by atoms with van der Waals surface area (Å²) in [6, 6.07) is 7.36. The maximum Gasteiger partial charge on any atom is 0.127 e. The first kappa shape index (κ1) is 12.5. The highest BCUT2D eigenvalue weighted by Crippen LogP contribution is 2.15. The van der Waals surface area contributed by atoms with E-state index in [-0.39, 0.29) is 12.4 Å². The molecule has 0 spiro atoms. The molecule has 1 aromatic carbocycles. The second-order valence-electron chi connectivity index (χ2n) is 4.49. The molecular formula is C13H19FN2O. The number of hydrogen-bond acceptors (Lipinski definition) is 3. The zero-order valence-electron chi connectivity index (χ0n) is 9.90. The maximum absolute atomic E-state index is 13.5. The van der Waals surface area contributed by atoms with Crippen LogP contribution in [0.15, 0.2) is 24.3 Å². The van der Waals surface area contributed by atoms with Crippen LogP contribution in [0.4, 0.5) is 4.39 Å². The predicted octanol–water partition coefficient (Wildman–Crippen LogP) is 0.982. The van der Waals surface area contributed by atoms with Crippen molar-refractivity contribution in [2.75, 3.05) is 26.2 Å². The van der Waals surface area contributed by atoms with Crippen LogP contribution in [0.2, 0.25) is 0 Å². The average molecular weight is 238 g/mol. The fraction of sp³-hybridized carbons (Fsp3) is 0.538. The Morgan fingerprint density at radius 1 is 1.41 bits per heavy atom. The van der Waals surface area contributed by atoms with Crippen LogP contribution in [-0.2, 0) is 6.54 Å². The van der Waals surface area contributed by atoms with E-state index in [0.29, 0.717) is 19.1 Å². The number of likely N-dealkylation sites (tertiary alicyclic amines) is 1. The third kappa shape index (κ3) is 3.49. The summed E-state index contributed by atoms with van der Waals surface area (Å²) in [7, 11) is 0. The van der Waals surface area contributed by atoms with Crippen LogP contribution in [0.5, 0.6) is 0 Å². The van der Waals surface area contributed by atoms with Gasteiger partial charge in [0.25, 0.3) is 0 Å². The van der Waals surface area contributed by atoms with Crippen molar-refractivity contribution in [3.63, 3.8) is 0 Å². The number of benzene rings is 1. The topological polar surface area (TPSA) is 35.5 Å². The van der Waals surface area contributed by atoms with Gasteiger partial charge in [-0.05, 0) is 12.5 Å². The van der Waals surface area contributed by atoms with Crippen LogP contribution < -0.4 is 5.32 Å². The van der Waals surface area contributed by atoms with Gasteiger partial charge in [-0.2, -0.15) is 0 Å². The van der Waals surface area contributed by atoms with E-state index >= 15 is 0 Å². The SMILES string of the molecule is OCCNC1CCN(Cc2ccccc2F)C1. The Hall–Kier alpha value is -0.970. The van der Waals surface area contributed by atoms with Gasteiger partial charge in [0.15, 0.2) is 0 Å². The third-order valence-corrected chi connectivity index (χ3v) is 3.17. The van der Waals surface area contributed by atoms with Gasteiger partial charge in [0, 0.05) is 37.8 Å². The van der Waals surface area contributed by atoms with Crippen LogP contribution in [0.3, 0.4) is 0 Å². The number of halogens is 1. The molecule has 3 nitrogen and oxygen atoms in total. The standard InChI is InChI=1S/C13H19FN2O/c14-13-4-2-1-3-11(13)9-16-7-5-12(10-16)15-6-8-17/h1-4,12,15,17H,5-10H2.